The van der Waals surface area contributed by atoms with Gasteiger partial charge in [-0.05, 0) is 25.7 Å². The van der Waals surface area contributed by atoms with E-state index in [1.165, 1.54) is 6.92 Å². The topological polar surface area (TPSA) is 182 Å². The first-order valence-electron chi connectivity index (χ1n) is 8.29. The second-order valence-corrected chi connectivity index (χ2v) is 6.06. The zero-order valence-electron chi connectivity index (χ0n) is 15.0. The van der Waals surface area contributed by atoms with Gasteiger partial charge in [0, 0.05) is 6.54 Å². The minimum absolute atomic E-state index is 0.150. The van der Waals surface area contributed by atoms with Crippen molar-refractivity contribution in [3.05, 3.63) is 0 Å². The maximum atomic E-state index is 12.5. The van der Waals surface area contributed by atoms with Crippen LogP contribution in [0.1, 0.15) is 40.0 Å². The number of rotatable bonds is 11. The van der Waals surface area contributed by atoms with E-state index in [9.17, 15) is 19.2 Å². The molecule has 0 unspecified atom stereocenters. The van der Waals surface area contributed by atoms with Crippen LogP contribution in [0.3, 0.4) is 0 Å². The number of nitrogens with one attached hydrogen (secondary N) is 3. The first-order valence-corrected chi connectivity index (χ1v) is 8.29. The van der Waals surface area contributed by atoms with Gasteiger partial charge < -0.3 is 33.2 Å². The van der Waals surface area contributed by atoms with Crippen LogP contribution in [0.2, 0.25) is 0 Å². The highest BCUT2D eigenvalue weighted by atomic mass is 16.2. The third-order valence-corrected chi connectivity index (χ3v) is 3.83. The van der Waals surface area contributed by atoms with Crippen LogP contribution in [0.15, 0.2) is 0 Å². The van der Waals surface area contributed by atoms with E-state index < -0.39 is 41.9 Å². The first-order chi connectivity index (χ1) is 11.6. The summed E-state index contributed by atoms with van der Waals surface area (Å²) in [6.07, 6.45) is 1.27. The summed E-state index contributed by atoms with van der Waals surface area (Å²) in [4.78, 5) is 46.5. The van der Waals surface area contributed by atoms with Gasteiger partial charge in [-0.25, -0.2) is 4.79 Å². The van der Waals surface area contributed by atoms with Gasteiger partial charge in [0.1, 0.15) is 12.1 Å². The first kappa shape index (κ1) is 22.6. The minimum Gasteiger partial charge on any atom is -0.368 e. The Morgan fingerprint density at radius 1 is 1.00 bits per heavy atom. The van der Waals surface area contributed by atoms with Crippen molar-refractivity contribution in [3.8, 4) is 0 Å². The lowest BCUT2D eigenvalue weighted by Crippen LogP contribution is -2.56. The molecule has 0 aromatic heterocycles. The van der Waals surface area contributed by atoms with Crippen LogP contribution >= 0.6 is 0 Å². The lowest BCUT2D eigenvalue weighted by Gasteiger charge is -2.25. The van der Waals surface area contributed by atoms with Gasteiger partial charge >= 0.3 is 6.03 Å². The van der Waals surface area contributed by atoms with E-state index in [1.807, 2.05) is 6.92 Å². The highest BCUT2D eigenvalue weighted by Gasteiger charge is 2.28. The molecule has 0 bridgehead atoms. The van der Waals surface area contributed by atoms with Crippen molar-refractivity contribution >= 4 is 23.8 Å². The normalized spacial score (nSPS) is 15.4. The second kappa shape index (κ2) is 11.2. The molecule has 144 valence electrons. The van der Waals surface area contributed by atoms with E-state index in [0.29, 0.717) is 12.8 Å². The van der Waals surface area contributed by atoms with Crippen LogP contribution in [-0.4, -0.2) is 48.4 Å². The third-order valence-electron chi connectivity index (χ3n) is 3.83. The van der Waals surface area contributed by atoms with Gasteiger partial charge in [-0.1, -0.05) is 20.3 Å². The van der Waals surface area contributed by atoms with Crippen molar-refractivity contribution in [2.75, 3.05) is 6.54 Å². The fourth-order valence-corrected chi connectivity index (χ4v) is 2.07. The molecule has 10 heteroatoms. The Balaban J connectivity index is 4.95. The Kier molecular flexibility index (Phi) is 10.2. The highest BCUT2D eigenvalue weighted by molar-refractivity contribution is 5.92. The molecule has 0 aromatic rings. The van der Waals surface area contributed by atoms with Crippen LogP contribution < -0.4 is 33.2 Å². The number of primary amides is 2. The average Bonchev–Trinajstić information content (AvgIpc) is 2.53. The van der Waals surface area contributed by atoms with Gasteiger partial charge in [0.05, 0.1) is 6.04 Å². The maximum Gasteiger partial charge on any atom is 0.312 e. The summed E-state index contributed by atoms with van der Waals surface area (Å²) in [6, 6.07) is -3.21. The number of carbonyl (C=O) groups excluding carboxylic acids is 4. The van der Waals surface area contributed by atoms with Crippen molar-refractivity contribution in [1.29, 1.82) is 0 Å². The average molecular weight is 358 g/mol. The Hall–Kier alpha value is -2.36. The van der Waals surface area contributed by atoms with E-state index in [1.54, 1.807) is 6.92 Å². The second-order valence-electron chi connectivity index (χ2n) is 6.06. The quantitative estimate of drug-likeness (QED) is 0.240. The van der Waals surface area contributed by atoms with Gasteiger partial charge in [0.15, 0.2) is 0 Å². The lowest BCUT2D eigenvalue weighted by molar-refractivity contribution is -0.132. The van der Waals surface area contributed by atoms with Crippen molar-refractivity contribution in [2.45, 2.75) is 58.2 Å². The third kappa shape index (κ3) is 8.89. The summed E-state index contributed by atoms with van der Waals surface area (Å²) in [7, 11) is 0. The van der Waals surface area contributed by atoms with E-state index in [4.69, 9.17) is 17.2 Å². The molecule has 0 saturated carbocycles. The van der Waals surface area contributed by atoms with E-state index in [0.717, 1.165) is 0 Å². The smallest absolute Gasteiger partial charge is 0.312 e. The molecular formula is C15H30N6O4. The zero-order chi connectivity index (χ0) is 19.6. The molecule has 0 aliphatic rings. The van der Waals surface area contributed by atoms with E-state index >= 15 is 0 Å². The molecule has 0 aromatic carbocycles. The summed E-state index contributed by atoms with van der Waals surface area (Å²) in [5.74, 6) is -1.82. The molecule has 4 atom stereocenters. The van der Waals surface area contributed by atoms with Crippen LogP contribution in [0.4, 0.5) is 4.79 Å². The fraction of sp³-hybridized carbons (Fsp3) is 0.733. The Labute approximate surface area is 147 Å². The molecule has 9 N–H and O–H groups in total. The van der Waals surface area contributed by atoms with Crippen molar-refractivity contribution < 1.29 is 19.2 Å². The molecule has 0 aliphatic heterocycles. The van der Waals surface area contributed by atoms with Gasteiger partial charge in [-0.15, -0.1) is 0 Å². The molecule has 0 heterocycles. The van der Waals surface area contributed by atoms with Gasteiger partial charge in [-0.3, -0.25) is 14.4 Å². The van der Waals surface area contributed by atoms with E-state index in [2.05, 4.69) is 16.0 Å². The highest BCUT2D eigenvalue weighted by Crippen LogP contribution is 2.08. The fourth-order valence-electron chi connectivity index (χ4n) is 2.07. The molecular weight excluding hydrogens is 328 g/mol. The van der Waals surface area contributed by atoms with Crippen molar-refractivity contribution in [3.63, 3.8) is 0 Å². The van der Waals surface area contributed by atoms with Crippen LogP contribution in [0.25, 0.3) is 0 Å². The molecule has 25 heavy (non-hydrogen) atoms. The Morgan fingerprint density at radius 3 is 2.04 bits per heavy atom. The SMILES string of the molecule is CC[C@H](C)[C@H](NC(=O)[C@H](CCCNC(N)=O)NC(=O)[C@H](C)N)C(N)=O. The summed E-state index contributed by atoms with van der Waals surface area (Å²) in [5.41, 5.74) is 15.8. The number of hydrogen-bond acceptors (Lipinski definition) is 5. The minimum atomic E-state index is -0.904. The zero-order valence-corrected chi connectivity index (χ0v) is 15.0. The number of amides is 5. The summed E-state index contributed by atoms with van der Waals surface area (Å²) < 4.78 is 0. The monoisotopic (exact) mass is 358 g/mol. The lowest BCUT2D eigenvalue weighted by atomic mass is 9.98. The predicted molar refractivity (Wildman–Crippen MR) is 93.0 cm³/mol. The number of urea groups is 1. The molecule has 0 fully saturated rings. The van der Waals surface area contributed by atoms with Crippen molar-refractivity contribution in [2.24, 2.45) is 23.1 Å². The number of carbonyl (C=O) groups is 4. The van der Waals surface area contributed by atoms with Crippen LogP contribution in [0.5, 0.6) is 0 Å². The number of hydrogen-bond donors (Lipinski definition) is 6. The Bertz CT molecular complexity index is 483. The van der Waals surface area contributed by atoms with Crippen LogP contribution in [0, 0.1) is 5.92 Å². The van der Waals surface area contributed by atoms with Gasteiger partial charge in [0.2, 0.25) is 17.7 Å². The molecule has 0 rings (SSSR count). The standard InChI is InChI=1S/C15H30N6O4/c1-4-8(2)11(12(17)22)21-14(24)10(20-13(23)9(3)16)6-5-7-19-15(18)25/h8-11H,4-7,16H2,1-3H3,(H2,17,22)(H,20,23)(H,21,24)(H3,18,19,25)/t8-,9-,10-,11-/m0/s1. The summed E-state index contributed by atoms with van der Waals surface area (Å²) >= 11 is 0. The molecule has 0 radical (unpaired) electrons. The van der Waals surface area contributed by atoms with Gasteiger partial charge in [0.25, 0.3) is 0 Å². The molecule has 5 amide bonds. The molecule has 10 nitrogen and oxygen atoms in total. The maximum absolute atomic E-state index is 12.5. The molecule has 0 saturated heterocycles. The van der Waals surface area contributed by atoms with E-state index in [-0.39, 0.29) is 18.9 Å². The number of nitrogens with two attached hydrogens (primary N) is 3. The van der Waals surface area contributed by atoms with Gasteiger partial charge in [-0.2, -0.15) is 0 Å². The van der Waals surface area contributed by atoms with Crippen LogP contribution in [-0.2, 0) is 14.4 Å². The predicted octanol–water partition coefficient (Wildman–Crippen LogP) is -1.72. The molecule has 0 aliphatic carbocycles. The molecule has 0 spiro atoms. The summed E-state index contributed by atoms with van der Waals surface area (Å²) in [6.45, 7) is 5.40. The largest absolute Gasteiger partial charge is 0.368 e. The van der Waals surface area contributed by atoms with Crippen molar-refractivity contribution in [1.82, 2.24) is 16.0 Å². The summed E-state index contributed by atoms with van der Waals surface area (Å²) in [5, 5.41) is 7.51. The Morgan fingerprint density at radius 2 is 1.60 bits per heavy atom.